The summed E-state index contributed by atoms with van der Waals surface area (Å²) < 4.78 is 36.6. The summed E-state index contributed by atoms with van der Waals surface area (Å²) in [6.07, 6.45) is 0.664. The van der Waals surface area contributed by atoms with Gasteiger partial charge in [0.05, 0.1) is 0 Å². The highest BCUT2D eigenvalue weighted by molar-refractivity contribution is 6.73. The van der Waals surface area contributed by atoms with Gasteiger partial charge in [-0.05, 0) is 23.1 Å². The second-order valence-electron chi connectivity index (χ2n) is 2.67. The second kappa shape index (κ2) is 3.59. The van der Waals surface area contributed by atoms with Gasteiger partial charge in [0.25, 0.3) is 0 Å². The second-order valence-corrected chi connectivity index (χ2v) is 2.67. The summed E-state index contributed by atoms with van der Waals surface area (Å²) in [4.78, 5) is 5.85. The third-order valence-electron chi connectivity index (χ3n) is 1.59. The first-order chi connectivity index (χ1) is 6.45. The third kappa shape index (κ3) is 2.17. The summed E-state index contributed by atoms with van der Waals surface area (Å²) in [6, 6.07) is 0.914. The molecule has 14 heavy (non-hydrogen) atoms. The van der Waals surface area contributed by atoms with Gasteiger partial charge in [0.1, 0.15) is 5.82 Å². The van der Waals surface area contributed by atoms with Crippen LogP contribution in [0, 0.1) is 6.92 Å². The highest BCUT2D eigenvalue weighted by atomic mass is 19.4. The summed E-state index contributed by atoms with van der Waals surface area (Å²) in [5, 5.41) is 3.14. The lowest BCUT2D eigenvalue weighted by Gasteiger charge is -2.14. The predicted octanol–water partition coefficient (Wildman–Crippen LogP) is 2.39. The van der Waals surface area contributed by atoms with E-state index in [0.717, 1.165) is 6.07 Å². The van der Waals surface area contributed by atoms with Crippen LogP contribution in [0.15, 0.2) is 17.4 Å². The monoisotopic (exact) mass is 201 g/mol. The van der Waals surface area contributed by atoms with E-state index in [0.29, 0.717) is 6.20 Å². The summed E-state index contributed by atoms with van der Waals surface area (Å²) >= 11 is 0. The molecule has 0 aliphatic carbocycles. The first kappa shape index (κ1) is 10.4. The number of nitrogens with zero attached hydrogens (tertiary/aromatic N) is 4. The van der Waals surface area contributed by atoms with Crippen LogP contribution in [0.25, 0.3) is 10.4 Å². The van der Waals surface area contributed by atoms with E-state index >= 15 is 0 Å². The van der Waals surface area contributed by atoms with Gasteiger partial charge in [0.15, 0.2) is 0 Å². The molecule has 0 saturated carbocycles. The Morgan fingerprint density at radius 1 is 1.50 bits per heavy atom. The van der Waals surface area contributed by atoms with Crippen molar-refractivity contribution in [1.82, 2.24) is 4.98 Å². The Hall–Kier alpha value is -1.69. The molecular formula is C6H5BF3N4-. The molecule has 1 aromatic rings. The minimum absolute atomic E-state index is 0.0312. The van der Waals surface area contributed by atoms with E-state index in [1.807, 2.05) is 0 Å². The van der Waals surface area contributed by atoms with Crippen LogP contribution < -0.4 is 5.46 Å². The van der Waals surface area contributed by atoms with Gasteiger partial charge in [0, 0.05) is 11.1 Å². The van der Waals surface area contributed by atoms with Crippen molar-refractivity contribution in [3.8, 4) is 0 Å². The Balaban J connectivity index is 3.19. The number of pyridine rings is 1. The molecule has 1 heterocycles. The maximum Gasteiger partial charge on any atom is 0.511 e. The summed E-state index contributed by atoms with van der Waals surface area (Å²) in [5.41, 5.74) is 7.49. The highest BCUT2D eigenvalue weighted by Gasteiger charge is 2.26. The molecule has 8 heteroatoms. The van der Waals surface area contributed by atoms with Crippen LogP contribution in [0.1, 0.15) is 5.56 Å². The number of hydrogen-bond donors (Lipinski definition) is 0. The first-order valence-electron chi connectivity index (χ1n) is 3.66. The highest BCUT2D eigenvalue weighted by Crippen LogP contribution is 2.16. The van der Waals surface area contributed by atoms with Crippen LogP contribution in [0.3, 0.4) is 0 Å². The molecule has 0 aliphatic rings. The molecule has 0 unspecified atom stereocenters. The largest absolute Gasteiger partial charge is 0.511 e. The van der Waals surface area contributed by atoms with Crippen molar-refractivity contribution < 1.29 is 12.9 Å². The molecule has 0 saturated heterocycles. The number of aryl methyl sites for hydroxylation is 1. The average molecular weight is 201 g/mol. The van der Waals surface area contributed by atoms with E-state index in [-0.39, 0.29) is 11.4 Å². The molecule has 0 aromatic carbocycles. The SMILES string of the molecule is Cc1cc([B-](F)(F)F)cnc1N=[N+]=[N-]. The fraction of sp³-hybridized carbons (Fsp3) is 0.167. The number of halogens is 3. The maximum atomic E-state index is 12.2. The van der Waals surface area contributed by atoms with Crippen LogP contribution in [-0.4, -0.2) is 12.0 Å². The molecule has 0 bridgehead atoms. The normalized spacial score (nSPS) is 10.9. The minimum Gasteiger partial charge on any atom is -0.445 e. The Morgan fingerprint density at radius 3 is 2.57 bits per heavy atom. The van der Waals surface area contributed by atoms with Gasteiger partial charge in [0.2, 0.25) is 0 Å². The van der Waals surface area contributed by atoms with Gasteiger partial charge in [-0.3, -0.25) is 4.98 Å². The van der Waals surface area contributed by atoms with Gasteiger partial charge in [-0.15, -0.1) is 0 Å². The molecule has 0 spiro atoms. The number of azide groups is 1. The third-order valence-corrected chi connectivity index (χ3v) is 1.59. The van der Waals surface area contributed by atoms with Crippen molar-refractivity contribution in [3.63, 3.8) is 0 Å². The zero-order valence-corrected chi connectivity index (χ0v) is 7.15. The molecule has 4 nitrogen and oxygen atoms in total. The summed E-state index contributed by atoms with van der Waals surface area (Å²) in [5.74, 6) is -0.0312. The van der Waals surface area contributed by atoms with Crippen LogP contribution in [0.5, 0.6) is 0 Å². The number of hydrogen-bond acceptors (Lipinski definition) is 2. The molecule has 1 rings (SSSR count). The minimum atomic E-state index is -5.05. The van der Waals surface area contributed by atoms with E-state index in [1.54, 1.807) is 0 Å². The quantitative estimate of drug-likeness (QED) is 0.313. The first-order valence-corrected chi connectivity index (χ1v) is 3.66. The smallest absolute Gasteiger partial charge is 0.445 e. The molecule has 1 aromatic heterocycles. The van der Waals surface area contributed by atoms with E-state index in [2.05, 4.69) is 15.0 Å². The molecular weight excluding hydrogens is 196 g/mol. The lowest BCUT2D eigenvalue weighted by atomic mass is 9.81. The van der Waals surface area contributed by atoms with Crippen LogP contribution in [0.4, 0.5) is 18.8 Å². The van der Waals surface area contributed by atoms with Crippen molar-refractivity contribution in [2.45, 2.75) is 6.92 Å². The number of rotatable bonds is 2. The van der Waals surface area contributed by atoms with Crippen LogP contribution in [0.2, 0.25) is 0 Å². The van der Waals surface area contributed by atoms with Gasteiger partial charge < -0.3 is 12.9 Å². The van der Waals surface area contributed by atoms with Gasteiger partial charge >= 0.3 is 6.98 Å². The van der Waals surface area contributed by atoms with Crippen molar-refractivity contribution in [1.29, 1.82) is 0 Å². The van der Waals surface area contributed by atoms with Crippen molar-refractivity contribution in [2.24, 2.45) is 5.11 Å². The lowest BCUT2D eigenvalue weighted by Crippen LogP contribution is -2.34. The van der Waals surface area contributed by atoms with Crippen molar-refractivity contribution >= 4 is 18.3 Å². The molecule has 74 valence electrons. The predicted molar refractivity (Wildman–Crippen MR) is 46.5 cm³/mol. The van der Waals surface area contributed by atoms with Gasteiger partial charge in [-0.25, -0.2) is 0 Å². The fourth-order valence-electron chi connectivity index (χ4n) is 0.915. The summed E-state index contributed by atoms with van der Waals surface area (Å²) in [6.45, 7) is -3.64. The standard InChI is InChI=1S/C6H5BF3N4/c1-4-2-5(7(8,9)10)3-12-6(4)13-14-11/h2-3H,1H3/q-1. The fourth-order valence-corrected chi connectivity index (χ4v) is 0.915. The van der Waals surface area contributed by atoms with Crippen LogP contribution in [-0.2, 0) is 0 Å². The Morgan fingerprint density at radius 2 is 2.14 bits per heavy atom. The zero-order valence-electron chi connectivity index (χ0n) is 7.15. The molecule has 0 amide bonds. The van der Waals surface area contributed by atoms with E-state index in [9.17, 15) is 12.9 Å². The molecule has 0 atom stereocenters. The maximum absolute atomic E-state index is 12.2. The Bertz CT molecular complexity index is 397. The molecule has 0 N–H and O–H groups in total. The topological polar surface area (TPSA) is 61.7 Å². The van der Waals surface area contributed by atoms with E-state index in [1.165, 1.54) is 6.92 Å². The van der Waals surface area contributed by atoms with Crippen molar-refractivity contribution in [3.05, 3.63) is 28.3 Å². The van der Waals surface area contributed by atoms with Gasteiger partial charge in [-0.1, -0.05) is 11.5 Å². The average Bonchev–Trinajstić information content (AvgIpc) is 2.07. The molecule has 0 radical (unpaired) electrons. The zero-order chi connectivity index (χ0) is 10.8. The van der Waals surface area contributed by atoms with Crippen LogP contribution >= 0.6 is 0 Å². The lowest BCUT2D eigenvalue weighted by molar-refractivity contribution is 0.500. The molecule has 0 fully saturated rings. The number of aromatic nitrogens is 1. The van der Waals surface area contributed by atoms with E-state index < -0.39 is 12.4 Å². The van der Waals surface area contributed by atoms with E-state index in [4.69, 9.17) is 5.53 Å². The Labute approximate surface area is 77.5 Å². The molecule has 0 aliphatic heterocycles. The van der Waals surface area contributed by atoms with Crippen molar-refractivity contribution in [2.75, 3.05) is 0 Å². The Kier molecular flexibility index (Phi) is 2.67. The van der Waals surface area contributed by atoms with Gasteiger partial charge in [-0.2, -0.15) is 0 Å². The summed E-state index contributed by atoms with van der Waals surface area (Å²) in [7, 11) is 0.